The van der Waals surface area contributed by atoms with Gasteiger partial charge in [-0.3, -0.25) is 9.69 Å². The van der Waals surface area contributed by atoms with Crippen LogP contribution in [0, 0.1) is 5.92 Å². The van der Waals surface area contributed by atoms with Crippen LogP contribution < -0.4 is 4.74 Å². The summed E-state index contributed by atoms with van der Waals surface area (Å²) in [6.45, 7) is 1.96. The minimum atomic E-state index is -0.940. The van der Waals surface area contributed by atoms with Gasteiger partial charge >= 0.3 is 0 Å². The number of hydrogen-bond acceptors (Lipinski definition) is 5. The Bertz CT molecular complexity index is 1290. The van der Waals surface area contributed by atoms with Crippen molar-refractivity contribution in [2.45, 2.75) is 67.7 Å². The molecule has 2 aromatic rings. The van der Waals surface area contributed by atoms with Gasteiger partial charge in [0.25, 0.3) is 0 Å². The van der Waals surface area contributed by atoms with Crippen LogP contribution in [0.5, 0.6) is 11.5 Å². The normalized spacial score (nSPS) is 33.8. The quantitative estimate of drug-likeness (QED) is 0.531. The number of piperidine rings is 1. The molecular formula is C30H33BrN2O4. The molecule has 5 atom stereocenters. The maximum Gasteiger partial charge on any atom is 0.246 e. The van der Waals surface area contributed by atoms with E-state index < -0.39 is 17.1 Å². The number of benzene rings is 2. The number of aliphatic hydroxyl groups is 1. The third-order valence-electron chi connectivity index (χ3n) is 9.86. The summed E-state index contributed by atoms with van der Waals surface area (Å²) in [7, 11) is 1.84. The van der Waals surface area contributed by atoms with Crippen LogP contribution >= 0.6 is 15.9 Å². The largest absolute Gasteiger partial charge is 0.504 e. The average Bonchev–Trinajstić information content (AvgIpc) is 3.63. The van der Waals surface area contributed by atoms with Gasteiger partial charge < -0.3 is 19.8 Å². The lowest BCUT2D eigenvalue weighted by Gasteiger charge is -2.64. The second kappa shape index (κ2) is 8.32. The van der Waals surface area contributed by atoms with Gasteiger partial charge in [-0.2, -0.15) is 0 Å². The van der Waals surface area contributed by atoms with Crippen molar-refractivity contribution in [1.82, 2.24) is 9.80 Å². The van der Waals surface area contributed by atoms with Gasteiger partial charge in [0.2, 0.25) is 5.91 Å². The number of ether oxygens (including phenoxy) is 1. The fraction of sp³-hybridized carbons (Fsp3) is 0.500. The molecule has 2 saturated carbocycles. The van der Waals surface area contributed by atoms with E-state index in [9.17, 15) is 15.0 Å². The molecule has 6 nitrogen and oxygen atoms in total. The molecule has 2 bridgehead atoms. The average molecular weight is 566 g/mol. The first-order chi connectivity index (χ1) is 17.8. The Morgan fingerprint density at radius 3 is 2.73 bits per heavy atom. The van der Waals surface area contributed by atoms with Gasteiger partial charge in [-0.1, -0.05) is 34.1 Å². The number of aromatic hydroxyl groups is 1. The number of phenolic OH excluding ortho intramolecular Hbond substituents is 1. The molecule has 1 spiro atoms. The van der Waals surface area contributed by atoms with Crippen LogP contribution in [0.25, 0.3) is 6.08 Å². The molecule has 1 saturated heterocycles. The monoisotopic (exact) mass is 564 g/mol. The molecule has 7 rings (SSSR count). The summed E-state index contributed by atoms with van der Waals surface area (Å²) in [5.74, 6) is 1.32. The van der Waals surface area contributed by atoms with Gasteiger partial charge in [-0.05, 0) is 86.4 Å². The molecule has 3 aliphatic carbocycles. The van der Waals surface area contributed by atoms with Crippen LogP contribution in [0.1, 0.15) is 48.8 Å². The zero-order chi connectivity index (χ0) is 25.5. The summed E-state index contributed by atoms with van der Waals surface area (Å²) in [5.41, 5.74) is 1.57. The number of halogens is 1. The number of phenols is 1. The molecular weight excluding hydrogens is 532 g/mol. The van der Waals surface area contributed by atoms with E-state index in [4.69, 9.17) is 4.74 Å². The van der Waals surface area contributed by atoms with Crippen LogP contribution in [0.3, 0.4) is 0 Å². The molecule has 0 aromatic heterocycles. The highest BCUT2D eigenvalue weighted by molar-refractivity contribution is 9.10. The van der Waals surface area contributed by atoms with Crippen molar-refractivity contribution in [1.29, 1.82) is 0 Å². The Labute approximate surface area is 226 Å². The fourth-order valence-corrected chi connectivity index (χ4v) is 8.14. The van der Waals surface area contributed by atoms with Gasteiger partial charge in [0.15, 0.2) is 11.5 Å². The summed E-state index contributed by atoms with van der Waals surface area (Å²) < 4.78 is 7.61. The summed E-state index contributed by atoms with van der Waals surface area (Å²) in [4.78, 5) is 17.7. The maximum absolute atomic E-state index is 13.4. The second-order valence-electron chi connectivity index (χ2n) is 11.7. The first-order valence-electron chi connectivity index (χ1n) is 13.5. The number of rotatable bonds is 5. The number of likely N-dealkylation sites (N-methyl/N-ethyl adjacent to an activating group) is 1. The molecule has 7 heteroatoms. The number of nitrogens with zero attached hydrogens (tertiary/aromatic N) is 2. The summed E-state index contributed by atoms with van der Waals surface area (Å²) in [6.07, 6.45) is 8.47. The molecule has 1 amide bonds. The predicted octanol–water partition coefficient (Wildman–Crippen LogP) is 4.26. The number of carbonyl (C=O) groups is 1. The zero-order valence-electron chi connectivity index (χ0n) is 21.1. The second-order valence-corrected chi connectivity index (χ2v) is 12.6. The summed E-state index contributed by atoms with van der Waals surface area (Å²) in [6, 6.07) is 11.4. The zero-order valence-corrected chi connectivity index (χ0v) is 22.7. The van der Waals surface area contributed by atoms with Crippen molar-refractivity contribution in [2.24, 2.45) is 5.92 Å². The molecule has 2 heterocycles. The van der Waals surface area contributed by atoms with Gasteiger partial charge in [0, 0.05) is 35.7 Å². The van der Waals surface area contributed by atoms with E-state index >= 15 is 0 Å². The van der Waals surface area contributed by atoms with Gasteiger partial charge in [-0.15, -0.1) is 0 Å². The number of likely N-dealkylation sites (tertiary alicyclic amines) is 1. The molecule has 194 valence electrons. The van der Waals surface area contributed by atoms with Crippen molar-refractivity contribution < 1.29 is 19.7 Å². The number of hydrogen-bond donors (Lipinski definition) is 2. The molecule has 2 N–H and O–H groups in total. The summed E-state index contributed by atoms with van der Waals surface area (Å²) >= 11 is 3.45. The lowest BCUT2D eigenvalue weighted by Crippen LogP contribution is -2.78. The van der Waals surface area contributed by atoms with Gasteiger partial charge in [0.1, 0.15) is 6.10 Å². The molecule has 2 aromatic carbocycles. The van der Waals surface area contributed by atoms with Gasteiger partial charge in [-0.25, -0.2) is 0 Å². The minimum Gasteiger partial charge on any atom is -0.504 e. The van der Waals surface area contributed by atoms with Crippen molar-refractivity contribution in [3.63, 3.8) is 0 Å². The van der Waals surface area contributed by atoms with E-state index in [1.165, 1.54) is 18.4 Å². The summed E-state index contributed by atoms with van der Waals surface area (Å²) in [5, 5.41) is 23.4. The number of amides is 1. The van der Waals surface area contributed by atoms with Crippen molar-refractivity contribution >= 4 is 27.9 Å². The Morgan fingerprint density at radius 1 is 1.19 bits per heavy atom. The topological polar surface area (TPSA) is 73.2 Å². The first-order valence-corrected chi connectivity index (χ1v) is 14.3. The standard InChI is InChI=1S/C30H33BrN2O4/c1-32(25(35)11-6-18-4-8-21(31)9-5-18)22-12-13-30(36)24-16-20-7-10-23(34)27-26(20)29(30,28(22)37-27)14-15-33(24)17-19-2-3-19/h4-11,19,22,24,28,34,36H,2-3,12-17H2,1H3/t22-,24+,28-,29-,30+/m0/s1. The van der Waals surface area contributed by atoms with E-state index in [2.05, 4.69) is 20.8 Å². The maximum atomic E-state index is 13.4. The van der Waals surface area contributed by atoms with E-state index in [0.29, 0.717) is 18.6 Å². The van der Waals surface area contributed by atoms with Crippen LogP contribution in [0.4, 0.5) is 0 Å². The molecule has 2 aliphatic heterocycles. The van der Waals surface area contributed by atoms with E-state index in [1.54, 1.807) is 17.0 Å². The lowest BCUT2D eigenvalue weighted by atomic mass is 9.48. The number of carbonyl (C=O) groups excluding carboxylic acids is 1. The van der Waals surface area contributed by atoms with Crippen molar-refractivity contribution in [3.05, 3.63) is 63.6 Å². The lowest BCUT2D eigenvalue weighted by molar-refractivity contribution is -0.200. The Hall–Kier alpha value is -2.35. The van der Waals surface area contributed by atoms with Crippen molar-refractivity contribution in [3.8, 4) is 11.5 Å². The molecule has 3 fully saturated rings. The third kappa shape index (κ3) is 3.39. The van der Waals surface area contributed by atoms with Crippen LogP contribution in [0.2, 0.25) is 0 Å². The van der Waals surface area contributed by atoms with E-state index in [1.807, 2.05) is 43.5 Å². The molecule has 5 aliphatic rings. The molecule has 0 radical (unpaired) electrons. The Morgan fingerprint density at radius 2 is 1.97 bits per heavy atom. The predicted molar refractivity (Wildman–Crippen MR) is 145 cm³/mol. The first kappa shape index (κ1) is 23.7. The third-order valence-corrected chi connectivity index (χ3v) is 10.4. The Kier molecular flexibility index (Phi) is 5.34. The Balaban J connectivity index is 1.24. The van der Waals surface area contributed by atoms with Crippen LogP contribution in [-0.2, 0) is 16.6 Å². The highest BCUT2D eigenvalue weighted by Crippen LogP contribution is 2.66. The van der Waals surface area contributed by atoms with Crippen molar-refractivity contribution in [2.75, 3.05) is 20.1 Å². The van der Waals surface area contributed by atoms with Gasteiger partial charge in [0.05, 0.1) is 17.1 Å². The van der Waals surface area contributed by atoms with E-state index in [-0.39, 0.29) is 23.7 Å². The highest BCUT2D eigenvalue weighted by Gasteiger charge is 2.73. The fourth-order valence-electron chi connectivity index (χ4n) is 7.87. The highest BCUT2D eigenvalue weighted by atomic mass is 79.9. The van der Waals surface area contributed by atoms with Crippen LogP contribution in [-0.4, -0.2) is 69.8 Å². The smallest absolute Gasteiger partial charge is 0.246 e. The SMILES string of the molecule is CN(C(=O)C=Cc1ccc(Br)cc1)[C@H]1CC[C@@]2(O)[C@H]3Cc4ccc(O)c5c4[C@@]2(CCN3CC2CC2)[C@H]1O5. The molecule has 0 unspecified atom stereocenters. The van der Waals surface area contributed by atoms with E-state index in [0.717, 1.165) is 47.4 Å². The molecule has 37 heavy (non-hydrogen) atoms. The minimum absolute atomic E-state index is 0.0372. The van der Waals surface area contributed by atoms with Crippen LogP contribution in [0.15, 0.2) is 46.9 Å².